The monoisotopic (exact) mass is 438 g/mol. The lowest BCUT2D eigenvalue weighted by Gasteiger charge is -2.20. The Balaban J connectivity index is 1.53. The number of fused-ring (bicyclic) bond motifs is 1. The Hall–Kier alpha value is -3.99. The fourth-order valence-electron chi connectivity index (χ4n) is 4.02. The zero-order chi connectivity index (χ0) is 23.2. The number of carbonyl (C=O) groups excluding carboxylic acids is 2. The maximum absolute atomic E-state index is 13.0. The van der Waals surface area contributed by atoms with Crippen LogP contribution in [0.2, 0.25) is 0 Å². The van der Waals surface area contributed by atoms with Crippen LogP contribution in [0, 0.1) is 6.92 Å². The number of carbonyl (C=O) groups is 2. The Kier molecular flexibility index (Phi) is 6.79. The summed E-state index contributed by atoms with van der Waals surface area (Å²) < 4.78 is 5.47. The van der Waals surface area contributed by atoms with Crippen LogP contribution in [-0.4, -0.2) is 23.5 Å². The predicted molar refractivity (Wildman–Crippen MR) is 129 cm³/mol. The van der Waals surface area contributed by atoms with Gasteiger partial charge in [-0.2, -0.15) is 0 Å². The van der Waals surface area contributed by atoms with E-state index in [1.165, 1.54) is 0 Å². The molecule has 0 bridgehead atoms. The van der Waals surface area contributed by atoms with Crippen molar-refractivity contribution < 1.29 is 14.3 Å². The summed E-state index contributed by atoms with van der Waals surface area (Å²) in [6.07, 6.45) is 0.702. The molecule has 0 fully saturated rings. The lowest BCUT2D eigenvalue weighted by molar-refractivity contribution is -0.124. The van der Waals surface area contributed by atoms with Crippen molar-refractivity contribution in [2.24, 2.45) is 0 Å². The van der Waals surface area contributed by atoms with Gasteiger partial charge in [0.1, 0.15) is 0 Å². The quantitative estimate of drug-likeness (QED) is 0.404. The molecule has 0 unspecified atom stereocenters. The predicted octanol–water partition coefficient (Wildman–Crippen LogP) is 5.17. The summed E-state index contributed by atoms with van der Waals surface area (Å²) in [5.74, 6) is -0.889. The minimum atomic E-state index is -0.521. The summed E-state index contributed by atoms with van der Waals surface area (Å²) in [5.41, 5.74) is 4.74. The van der Waals surface area contributed by atoms with Crippen LogP contribution in [0.4, 0.5) is 0 Å². The van der Waals surface area contributed by atoms with Gasteiger partial charge in [0.2, 0.25) is 0 Å². The summed E-state index contributed by atoms with van der Waals surface area (Å²) in [4.78, 5) is 30.5. The Morgan fingerprint density at radius 2 is 1.45 bits per heavy atom. The molecule has 0 spiro atoms. The van der Waals surface area contributed by atoms with Crippen molar-refractivity contribution >= 4 is 22.8 Å². The van der Waals surface area contributed by atoms with Gasteiger partial charge in [0.05, 0.1) is 17.1 Å². The zero-order valence-electron chi connectivity index (χ0n) is 18.7. The first-order chi connectivity index (χ1) is 16.1. The van der Waals surface area contributed by atoms with E-state index < -0.39 is 5.97 Å². The van der Waals surface area contributed by atoms with E-state index in [4.69, 9.17) is 4.74 Å². The van der Waals surface area contributed by atoms with Crippen molar-refractivity contribution in [3.63, 3.8) is 0 Å². The molecule has 1 heterocycles. The average molecular weight is 439 g/mol. The van der Waals surface area contributed by atoms with Gasteiger partial charge in [0.25, 0.3) is 5.91 Å². The summed E-state index contributed by atoms with van der Waals surface area (Å²) in [5, 5.41) is 3.73. The van der Waals surface area contributed by atoms with Gasteiger partial charge in [-0.15, -0.1) is 0 Å². The third kappa shape index (κ3) is 4.93. The number of pyridine rings is 1. The number of para-hydroxylation sites is 1. The SMILES string of the molecule is CCc1nc2ccccc2c(C(=O)OCC(=O)NC(c2ccccc2)c2ccccc2)c1C. The van der Waals surface area contributed by atoms with Crippen LogP contribution in [-0.2, 0) is 16.0 Å². The second kappa shape index (κ2) is 10.1. The van der Waals surface area contributed by atoms with Crippen LogP contribution in [0.25, 0.3) is 10.9 Å². The lowest BCUT2D eigenvalue weighted by Crippen LogP contribution is -2.33. The number of nitrogens with one attached hydrogen (secondary N) is 1. The average Bonchev–Trinajstić information content (AvgIpc) is 2.86. The van der Waals surface area contributed by atoms with E-state index in [2.05, 4.69) is 10.3 Å². The van der Waals surface area contributed by atoms with Crippen molar-refractivity contribution in [2.75, 3.05) is 6.61 Å². The minimum Gasteiger partial charge on any atom is -0.452 e. The molecule has 33 heavy (non-hydrogen) atoms. The molecule has 5 nitrogen and oxygen atoms in total. The molecule has 1 N–H and O–H groups in total. The molecule has 0 radical (unpaired) electrons. The topological polar surface area (TPSA) is 68.3 Å². The fourth-order valence-corrected chi connectivity index (χ4v) is 4.02. The second-order valence-electron chi connectivity index (χ2n) is 7.83. The maximum Gasteiger partial charge on any atom is 0.339 e. The van der Waals surface area contributed by atoms with Crippen LogP contribution < -0.4 is 5.32 Å². The Morgan fingerprint density at radius 3 is 2.06 bits per heavy atom. The van der Waals surface area contributed by atoms with Gasteiger partial charge in [-0.3, -0.25) is 9.78 Å². The molecule has 166 valence electrons. The molecule has 5 heteroatoms. The summed E-state index contributed by atoms with van der Waals surface area (Å²) in [7, 11) is 0. The van der Waals surface area contributed by atoms with Crippen LogP contribution in [0.15, 0.2) is 84.9 Å². The van der Waals surface area contributed by atoms with Gasteiger partial charge >= 0.3 is 5.97 Å². The molecule has 0 aliphatic rings. The largest absolute Gasteiger partial charge is 0.452 e. The second-order valence-corrected chi connectivity index (χ2v) is 7.83. The highest BCUT2D eigenvalue weighted by molar-refractivity contribution is 6.05. The number of ether oxygens (including phenoxy) is 1. The fraction of sp³-hybridized carbons (Fsp3) is 0.179. The molecule has 1 aromatic heterocycles. The van der Waals surface area contributed by atoms with Crippen LogP contribution >= 0.6 is 0 Å². The highest BCUT2D eigenvalue weighted by Crippen LogP contribution is 2.25. The standard InChI is InChI=1S/C28H26N2O3/c1-3-23-19(2)26(22-16-10-11-17-24(22)29-23)28(32)33-18-25(31)30-27(20-12-6-4-7-13-20)21-14-8-5-9-15-21/h4-17,27H,3,18H2,1-2H3,(H,30,31). The first-order valence-electron chi connectivity index (χ1n) is 11.0. The van der Waals surface area contributed by atoms with Crippen LogP contribution in [0.3, 0.4) is 0 Å². The Morgan fingerprint density at radius 1 is 0.879 bits per heavy atom. The van der Waals surface area contributed by atoms with Gasteiger partial charge in [0.15, 0.2) is 6.61 Å². The number of hydrogen-bond donors (Lipinski definition) is 1. The third-order valence-electron chi connectivity index (χ3n) is 5.68. The smallest absolute Gasteiger partial charge is 0.339 e. The zero-order valence-corrected chi connectivity index (χ0v) is 18.7. The van der Waals surface area contributed by atoms with Gasteiger partial charge in [-0.05, 0) is 36.1 Å². The van der Waals surface area contributed by atoms with E-state index in [-0.39, 0.29) is 18.6 Å². The van der Waals surface area contributed by atoms with Crippen molar-refractivity contribution in [1.82, 2.24) is 10.3 Å². The molecule has 0 aliphatic heterocycles. The maximum atomic E-state index is 13.0. The number of rotatable bonds is 7. The van der Waals surface area contributed by atoms with Gasteiger partial charge < -0.3 is 10.1 Å². The van der Waals surface area contributed by atoms with E-state index in [0.717, 1.165) is 33.3 Å². The molecule has 0 atom stereocenters. The van der Waals surface area contributed by atoms with Crippen molar-refractivity contribution in [2.45, 2.75) is 26.3 Å². The summed E-state index contributed by atoms with van der Waals surface area (Å²) >= 11 is 0. The number of benzene rings is 3. The van der Waals surface area contributed by atoms with Crippen molar-refractivity contribution in [1.29, 1.82) is 0 Å². The normalized spacial score (nSPS) is 10.9. The molecular formula is C28H26N2O3. The molecule has 0 aliphatic carbocycles. The number of nitrogens with zero attached hydrogens (tertiary/aromatic N) is 1. The number of amides is 1. The lowest BCUT2D eigenvalue weighted by atomic mass is 9.99. The van der Waals surface area contributed by atoms with E-state index in [1.54, 1.807) is 0 Å². The molecule has 0 saturated carbocycles. The third-order valence-corrected chi connectivity index (χ3v) is 5.68. The first-order valence-corrected chi connectivity index (χ1v) is 11.0. The summed E-state index contributed by atoms with van der Waals surface area (Å²) in [6.45, 7) is 3.50. The van der Waals surface area contributed by atoms with Crippen molar-refractivity contribution in [3.8, 4) is 0 Å². The molecular weight excluding hydrogens is 412 g/mol. The summed E-state index contributed by atoms with van der Waals surface area (Å²) in [6, 6.07) is 26.6. The van der Waals surface area contributed by atoms with Gasteiger partial charge in [-0.1, -0.05) is 85.8 Å². The molecule has 4 aromatic rings. The number of aromatic nitrogens is 1. The Labute approximate surface area is 193 Å². The minimum absolute atomic E-state index is 0.339. The first kappa shape index (κ1) is 22.2. The highest BCUT2D eigenvalue weighted by atomic mass is 16.5. The Bertz CT molecular complexity index is 1230. The van der Waals surface area contributed by atoms with E-state index in [0.29, 0.717) is 12.0 Å². The van der Waals surface area contributed by atoms with E-state index >= 15 is 0 Å². The van der Waals surface area contributed by atoms with Gasteiger partial charge in [0, 0.05) is 11.1 Å². The van der Waals surface area contributed by atoms with Crippen molar-refractivity contribution in [3.05, 3.63) is 113 Å². The number of aryl methyl sites for hydroxylation is 1. The van der Waals surface area contributed by atoms with Gasteiger partial charge in [-0.25, -0.2) is 4.79 Å². The van der Waals surface area contributed by atoms with Crippen LogP contribution in [0.1, 0.15) is 45.7 Å². The highest BCUT2D eigenvalue weighted by Gasteiger charge is 2.21. The molecule has 3 aromatic carbocycles. The van der Waals surface area contributed by atoms with E-state index in [9.17, 15) is 9.59 Å². The van der Waals surface area contributed by atoms with E-state index in [1.807, 2.05) is 98.8 Å². The number of hydrogen-bond acceptors (Lipinski definition) is 4. The van der Waals surface area contributed by atoms with Crippen LogP contribution in [0.5, 0.6) is 0 Å². The number of esters is 1. The molecule has 1 amide bonds. The molecule has 4 rings (SSSR count). The molecule has 0 saturated heterocycles.